The molecule has 0 spiro atoms. The molecule has 1 aliphatic heterocycles. The number of nitrogens with one attached hydrogen (secondary N) is 1. The van der Waals surface area contributed by atoms with Crippen molar-refractivity contribution in [3.8, 4) is 5.75 Å². The van der Waals surface area contributed by atoms with E-state index in [0.717, 1.165) is 38.5 Å². The zero-order chi connectivity index (χ0) is 14.2. The lowest BCUT2D eigenvalue weighted by atomic mass is 10.2. The van der Waals surface area contributed by atoms with E-state index >= 15 is 0 Å². The first-order valence-electron chi connectivity index (χ1n) is 7.52. The molecule has 1 N–H and O–H groups in total. The third-order valence-corrected chi connectivity index (χ3v) is 3.84. The SMILES string of the molecule is COc1ccc(CN(C)CCN2CCCNCC2)cc1. The van der Waals surface area contributed by atoms with Crippen molar-refractivity contribution in [3.63, 3.8) is 0 Å². The average molecular weight is 277 g/mol. The normalized spacial score (nSPS) is 17.1. The van der Waals surface area contributed by atoms with Crippen molar-refractivity contribution in [1.29, 1.82) is 0 Å². The van der Waals surface area contributed by atoms with Crippen molar-refractivity contribution in [2.24, 2.45) is 0 Å². The number of methoxy groups -OCH3 is 1. The summed E-state index contributed by atoms with van der Waals surface area (Å²) in [4.78, 5) is 4.95. The second-order valence-corrected chi connectivity index (χ2v) is 5.53. The lowest BCUT2D eigenvalue weighted by Crippen LogP contribution is -2.35. The topological polar surface area (TPSA) is 27.7 Å². The fraction of sp³-hybridized carbons (Fsp3) is 0.625. The quantitative estimate of drug-likeness (QED) is 0.851. The maximum absolute atomic E-state index is 5.19. The number of likely N-dealkylation sites (N-methyl/N-ethyl adjacent to an activating group) is 1. The molecule has 0 radical (unpaired) electrons. The van der Waals surface area contributed by atoms with Crippen LogP contribution in [0, 0.1) is 0 Å². The molecule has 20 heavy (non-hydrogen) atoms. The zero-order valence-electron chi connectivity index (χ0n) is 12.8. The summed E-state index contributed by atoms with van der Waals surface area (Å²) in [6.45, 7) is 7.97. The van der Waals surface area contributed by atoms with Crippen molar-refractivity contribution >= 4 is 0 Å². The van der Waals surface area contributed by atoms with Gasteiger partial charge in [0.2, 0.25) is 0 Å². The van der Waals surface area contributed by atoms with Crippen LogP contribution < -0.4 is 10.1 Å². The Morgan fingerprint density at radius 2 is 2.00 bits per heavy atom. The molecule has 1 saturated heterocycles. The molecule has 0 amide bonds. The summed E-state index contributed by atoms with van der Waals surface area (Å²) >= 11 is 0. The Balaban J connectivity index is 1.72. The number of hydrogen-bond donors (Lipinski definition) is 1. The number of hydrogen-bond acceptors (Lipinski definition) is 4. The highest BCUT2D eigenvalue weighted by molar-refractivity contribution is 5.26. The van der Waals surface area contributed by atoms with Gasteiger partial charge in [-0.2, -0.15) is 0 Å². The Hall–Kier alpha value is -1.10. The molecular weight excluding hydrogens is 250 g/mol. The van der Waals surface area contributed by atoms with E-state index in [9.17, 15) is 0 Å². The Morgan fingerprint density at radius 1 is 1.20 bits per heavy atom. The maximum atomic E-state index is 5.19. The molecule has 1 aromatic carbocycles. The van der Waals surface area contributed by atoms with Crippen molar-refractivity contribution in [2.75, 3.05) is 53.4 Å². The Morgan fingerprint density at radius 3 is 2.75 bits per heavy atom. The molecule has 0 saturated carbocycles. The molecule has 1 aromatic rings. The molecule has 112 valence electrons. The van der Waals surface area contributed by atoms with Crippen LogP contribution in [0.15, 0.2) is 24.3 Å². The first-order chi connectivity index (χ1) is 9.78. The van der Waals surface area contributed by atoms with Crippen molar-refractivity contribution in [3.05, 3.63) is 29.8 Å². The zero-order valence-corrected chi connectivity index (χ0v) is 12.8. The van der Waals surface area contributed by atoms with Gasteiger partial charge in [0.05, 0.1) is 7.11 Å². The van der Waals surface area contributed by atoms with Crippen LogP contribution in [0.4, 0.5) is 0 Å². The van der Waals surface area contributed by atoms with E-state index in [-0.39, 0.29) is 0 Å². The summed E-state index contributed by atoms with van der Waals surface area (Å²) in [5.41, 5.74) is 1.34. The Bertz CT molecular complexity index is 372. The van der Waals surface area contributed by atoms with Gasteiger partial charge < -0.3 is 19.9 Å². The highest BCUT2D eigenvalue weighted by atomic mass is 16.5. The fourth-order valence-electron chi connectivity index (χ4n) is 2.56. The minimum atomic E-state index is 0.925. The summed E-state index contributed by atoms with van der Waals surface area (Å²) < 4.78 is 5.19. The minimum absolute atomic E-state index is 0.925. The summed E-state index contributed by atoms with van der Waals surface area (Å²) in [6, 6.07) is 8.35. The summed E-state index contributed by atoms with van der Waals surface area (Å²) in [7, 11) is 3.90. The van der Waals surface area contributed by atoms with Gasteiger partial charge >= 0.3 is 0 Å². The molecule has 0 aromatic heterocycles. The lowest BCUT2D eigenvalue weighted by molar-refractivity contribution is 0.231. The first-order valence-corrected chi connectivity index (χ1v) is 7.52. The first kappa shape index (κ1) is 15.3. The number of nitrogens with zero attached hydrogens (tertiary/aromatic N) is 2. The van der Waals surface area contributed by atoms with E-state index in [0.29, 0.717) is 0 Å². The Labute approximate surface area is 122 Å². The third-order valence-electron chi connectivity index (χ3n) is 3.84. The Kier molecular flexibility index (Phi) is 6.30. The molecule has 1 heterocycles. The molecule has 0 bridgehead atoms. The summed E-state index contributed by atoms with van der Waals surface area (Å²) in [6.07, 6.45) is 1.27. The van der Waals surface area contributed by atoms with Crippen LogP contribution in [0.3, 0.4) is 0 Å². The van der Waals surface area contributed by atoms with Gasteiger partial charge in [-0.3, -0.25) is 0 Å². The number of benzene rings is 1. The second-order valence-electron chi connectivity index (χ2n) is 5.53. The van der Waals surface area contributed by atoms with E-state index in [1.807, 2.05) is 12.1 Å². The molecule has 1 fully saturated rings. The number of ether oxygens (including phenoxy) is 1. The van der Waals surface area contributed by atoms with Gasteiger partial charge in [-0.15, -0.1) is 0 Å². The van der Waals surface area contributed by atoms with E-state index < -0.39 is 0 Å². The van der Waals surface area contributed by atoms with E-state index in [1.54, 1.807) is 7.11 Å². The van der Waals surface area contributed by atoms with Gasteiger partial charge in [0.25, 0.3) is 0 Å². The highest BCUT2D eigenvalue weighted by Crippen LogP contribution is 2.12. The molecule has 0 aliphatic carbocycles. The monoisotopic (exact) mass is 277 g/mol. The highest BCUT2D eigenvalue weighted by Gasteiger charge is 2.09. The van der Waals surface area contributed by atoms with Gasteiger partial charge in [0.1, 0.15) is 5.75 Å². The van der Waals surface area contributed by atoms with E-state index in [2.05, 4.69) is 34.3 Å². The van der Waals surface area contributed by atoms with Gasteiger partial charge in [-0.1, -0.05) is 12.1 Å². The summed E-state index contributed by atoms with van der Waals surface area (Å²) in [5, 5.41) is 3.45. The van der Waals surface area contributed by atoms with Crippen molar-refractivity contribution < 1.29 is 4.74 Å². The molecule has 4 nitrogen and oxygen atoms in total. The standard InChI is InChI=1S/C16H27N3O/c1-18(12-13-19-10-3-8-17-9-11-19)14-15-4-6-16(20-2)7-5-15/h4-7,17H,3,8-14H2,1-2H3. The van der Waals surface area contributed by atoms with Crippen molar-refractivity contribution in [2.45, 2.75) is 13.0 Å². The van der Waals surface area contributed by atoms with Crippen LogP contribution in [0.2, 0.25) is 0 Å². The van der Waals surface area contributed by atoms with Crippen LogP contribution in [0.1, 0.15) is 12.0 Å². The molecule has 0 atom stereocenters. The minimum Gasteiger partial charge on any atom is -0.497 e. The van der Waals surface area contributed by atoms with Crippen LogP contribution in [0.5, 0.6) is 5.75 Å². The van der Waals surface area contributed by atoms with Gasteiger partial charge in [0.15, 0.2) is 0 Å². The van der Waals surface area contributed by atoms with Crippen LogP contribution >= 0.6 is 0 Å². The molecule has 1 aliphatic rings. The molecular formula is C16H27N3O. The predicted octanol–water partition coefficient (Wildman–Crippen LogP) is 1.42. The smallest absolute Gasteiger partial charge is 0.118 e. The maximum Gasteiger partial charge on any atom is 0.118 e. The van der Waals surface area contributed by atoms with Gasteiger partial charge in [0, 0.05) is 32.7 Å². The van der Waals surface area contributed by atoms with Crippen LogP contribution in [-0.4, -0.2) is 63.2 Å². The summed E-state index contributed by atoms with van der Waals surface area (Å²) in [5.74, 6) is 0.925. The van der Waals surface area contributed by atoms with Gasteiger partial charge in [-0.05, 0) is 44.3 Å². The molecule has 4 heteroatoms. The molecule has 2 rings (SSSR count). The third kappa shape index (κ3) is 5.12. The van der Waals surface area contributed by atoms with Crippen molar-refractivity contribution in [1.82, 2.24) is 15.1 Å². The second kappa shape index (κ2) is 8.25. The largest absolute Gasteiger partial charge is 0.497 e. The van der Waals surface area contributed by atoms with Crippen LogP contribution in [-0.2, 0) is 6.54 Å². The van der Waals surface area contributed by atoms with Gasteiger partial charge in [-0.25, -0.2) is 0 Å². The number of rotatable bonds is 6. The van der Waals surface area contributed by atoms with E-state index in [4.69, 9.17) is 4.74 Å². The van der Waals surface area contributed by atoms with E-state index in [1.165, 1.54) is 25.1 Å². The lowest BCUT2D eigenvalue weighted by Gasteiger charge is -2.23. The fourth-order valence-corrected chi connectivity index (χ4v) is 2.56. The van der Waals surface area contributed by atoms with Crippen LogP contribution in [0.25, 0.3) is 0 Å². The predicted molar refractivity (Wildman–Crippen MR) is 83.3 cm³/mol. The average Bonchev–Trinajstić information content (AvgIpc) is 2.74. The molecule has 0 unspecified atom stereocenters.